The van der Waals surface area contributed by atoms with E-state index < -0.39 is 65.3 Å². The lowest BCUT2D eigenvalue weighted by Gasteiger charge is -2.28. The Balaban J connectivity index is 2.47. The Bertz CT molecular complexity index is 1280. The molecule has 44 heavy (non-hydrogen) atoms. The fourth-order valence-electron chi connectivity index (χ4n) is 4.09. The fourth-order valence-corrected chi connectivity index (χ4v) is 4.09. The summed E-state index contributed by atoms with van der Waals surface area (Å²) in [4.78, 5) is 66.9. The van der Waals surface area contributed by atoms with Crippen LogP contribution in [0.2, 0.25) is 0 Å². The first kappa shape index (κ1) is 35.7. The summed E-state index contributed by atoms with van der Waals surface area (Å²) in [5.41, 5.74) is -0.486. The van der Waals surface area contributed by atoms with Gasteiger partial charge >= 0.3 is 24.0 Å². The third-order valence-corrected chi connectivity index (χ3v) is 5.97. The number of Topliss-reactive ketones (excluding diaryl/α,β-unsaturated/α-hetero) is 1. The highest BCUT2D eigenvalue weighted by Crippen LogP contribution is 2.26. The highest BCUT2D eigenvalue weighted by atomic mass is 16.6. The second-order valence-corrected chi connectivity index (χ2v) is 12.2. The fraction of sp³-hybridized carbons (Fsp3) is 0.441. The van der Waals surface area contributed by atoms with Crippen molar-refractivity contribution in [3.05, 3.63) is 84.4 Å². The minimum Gasteiger partial charge on any atom is -0.461 e. The third kappa shape index (κ3) is 12.8. The molecule has 0 radical (unpaired) electrons. The number of ketones is 1. The zero-order valence-electron chi connectivity index (χ0n) is 26.3. The Labute approximate surface area is 259 Å². The van der Waals surface area contributed by atoms with Crippen molar-refractivity contribution in [3.63, 3.8) is 0 Å². The number of ether oxygens (including phenoxy) is 4. The summed E-state index contributed by atoms with van der Waals surface area (Å²) in [6.45, 7) is 13.0. The lowest BCUT2D eigenvalue weighted by molar-refractivity contribution is -0.177. The first-order valence-corrected chi connectivity index (χ1v) is 14.4. The van der Waals surface area contributed by atoms with E-state index in [4.69, 9.17) is 18.9 Å². The van der Waals surface area contributed by atoms with Crippen LogP contribution in [0.4, 0.5) is 4.79 Å². The topological polar surface area (TPSA) is 134 Å². The van der Waals surface area contributed by atoms with Gasteiger partial charge in [-0.1, -0.05) is 73.3 Å². The highest BCUT2D eigenvalue weighted by Gasteiger charge is 2.45. The van der Waals surface area contributed by atoms with Crippen LogP contribution >= 0.6 is 0 Å². The van der Waals surface area contributed by atoms with Gasteiger partial charge in [-0.25, -0.2) is 4.79 Å². The molecule has 0 aromatic heterocycles. The van der Waals surface area contributed by atoms with E-state index in [1.165, 1.54) is 6.08 Å². The van der Waals surface area contributed by atoms with E-state index in [1.54, 1.807) is 102 Å². The number of amides is 1. The van der Waals surface area contributed by atoms with E-state index in [9.17, 15) is 24.0 Å². The SMILES string of the molecule is C=CCOC(=O)C(C(=O)OCc1ccccc1)[C@H](CC(=O)[C@H](Cc1ccccc1)NC(=O)OC(C)(C)C)C(=O)OC(C)(C)C. The highest BCUT2D eigenvalue weighted by molar-refractivity contribution is 6.01. The molecule has 0 fully saturated rings. The third-order valence-electron chi connectivity index (χ3n) is 5.97. The molecule has 0 aliphatic heterocycles. The van der Waals surface area contributed by atoms with Crippen LogP contribution < -0.4 is 5.32 Å². The number of hydrogen-bond donors (Lipinski definition) is 1. The van der Waals surface area contributed by atoms with Crippen molar-refractivity contribution in [3.8, 4) is 0 Å². The molecule has 3 atom stereocenters. The molecular formula is C34H43NO9. The maximum absolute atomic E-state index is 13.9. The van der Waals surface area contributed by atoms with Crippen LogP contribution in [-0.4, -0.2) is 53.6 Å². The summed E-state index contributed by atoms with van der Waals surface area (Å²) in [7, 11) is 0. The molecule has 10 heteroatoms. The Kier molecular flexibility index (Phi) is 13.3. The van der Waals surface area contributed by atoms with Crippen molar-refractivity contribution in [1.29, 1.82) is 0 Å². The van der Waals surface area contributed by atoms with Crippen molar-refractivity contribution in [2.24, 2.45) is 11.8 Å². The molecule has 10 nitrogen and oxygen atoms in total. The van der Waals surface area contributed by atoms with Crippen LogP contribution in [0, 0.1) is 11.8 Å². The number of carbonyl (C=O) groups is 5. The Morgan fingerprint density at radius 3 is 1.80 bits per heavy atom. The van der Waals surface area contributed by atoms with Gasteiger partial charge in [0.1, 0.15) is 24.4 Å². The van der Waals surface area contributed by atoms with E-state index in [-0.39, 0.29) is 19.6 Å². The first-order chi connectivity index (χ1) is 20.6. The first-order valence-electron chi connectivity index (χ1n) is 14.4. The van der Waals surface area contributed by atoms with Gasteiger partial charge in [0.15, 0.2) is 11.7 Å². The summed E-state index contributed by atoms with van der Waals surface area (Å²) in [6, 6.07) is 16.5. The minimum absolute atomic E-state index is 0.0595. The van der Waals surface area contributed by atoms with Crippen LogP contribution in [-0.2, 0) is 51.2 Å². The van der Waals surface area contributed by atoms with Gasteiger partial charge in [-0.3, -0.25) is 19.2 Å². The van der Waals surface area contributed by atoms with Crippen molar-refractivity contribution < 1.29 is 42.9 Å². The van der Waals surface area contributed by atoms with Crippen LogP contribution in [0.3, 0.4) is 0 Å². The quantitative estimate of drug-likeness (QED) is 0.134. The molecule has 1 unspecified atom stereocenters. The van der Waals surface area contributed by atoms with E-state index >= 15 is 0 Å². The minimum atomic E-state index is -1.84. The van der Waals surface area contributed by atoms with Crippen LogP contribution in [0.1, 0.15) is 59.1 Å². The Hall–Kier alpha value is -4.47. The Morgan fingerprint density at radius 1 is 0.750 bits per heavy atom. The standard InChI is InChI=1S/C34H43NO9/c1-8-19-41-30(38)28(31(39)42-22-24-17-13-10-14-18-24)25(29(37)43-33(2,3)4)21-27(36)26(20-23-15-11-9-12-16-23)35-32(40)44-34(5,6)7/h8-18,25-26,28H,1,19-22H2,2-7H3,(H,35,40)/t25-,26-,28?/m0/s1. The predicted octanol–water partition coefficient (Wildman–Crippen LogP) is 5.13. The number of carbonyl (C=O) groups excluding carboxylic acids is 5. The zero-order chi connectivity index (χ0) is 32.9. The number of benzene rings is 2. The van der Waals surface area contributed by atoms with Crippen molar-refractivity contribution >= 4 is 29.8 Å². The normalized spacial score (nSPS) is 13.4. The number of rotatable bonds is 14. The second-order valence-electron chi connectivity index (χ2n) is 12.2. The lowest BCUT2D eigenvalue weighted by Crippen LogP contribution is -2.48. The zero-order valence-corrected chi connectivity index (χ0v) is 26.3. The molecule has 2 rings (SSSR count). The smallest absolute Gasteiger partial charge is 0.408 e. The van der Waals surface area contributed by atoms with Gasteiger partial charge in [0, 0.05) is 6.42 Å². The summed E-state index contributed by atoms with van der Waals surface area (Å²) in [5, 5.41) is 2.58. The number of alkyl carbamates (subject to hydrolysis) is 1. The molecule has 1 amide bonds. The van der Waals surface area contributed by atoms with E-state index in [0.29, 0.717) is 5.56 Å². The molecule has 0 aliphatic carbocycles. The number of nitrogens with one attached hydrogen (secondary N) is 1. The maximum atomic E-state index is 13.9. The van der Waals surface area contributed by atoms with Gasteiger partial charge < -0.3 is 24.3 Å². The number of hydrogen-bond acceptors (Lipinski definition) is 9. The average molecular weight is 610 g/mol. The molecule has 238 valence electrons. The molecule has 0 saturated heterocycles. The van der Waals surface area contributed by atoms with E-state index in [1.807, 2.05) is 0 Å². The maximum Gasteiger partial charge on any atom is 0.408 e. The summed E-state index contributed by atoms with van der Waals surface area (Å²) < 4.78 is 21.5. The van der Waals surface area contributed by atoms with Gasteiger partial charge in [-0.15, -0.1) is 0 Å². The molecule has 0 aliphatic rings. The molecule has 2 aromatic carbocycles. The van der Waals surface area contributed by atoms with Crippen LogP contribution in [0.15, 0.2) is 73.3 Å². The molecular weight excluding hydrogens is 566 g/mol. The molecule has 2 aromatic rings. The second kappa shape index (κ2) is 16.4. The van der Waals surface area contributed by atoms with Gasteiger partial charge in [0.2, 0.25) is 0 Å². The van der Waals surface area contributed by atoms with Crippen molar-refractivity contribution in [2.75, 3.05) is 6.61 Å². The largest absolute Gasteiger partial charge is 0.461 e. The molecule has 0 spiro atoms. The molecule has 1 N–H and O–H groups in total. The van der Waals surface area contributed by atoms with E-state index in [0.717, 1.165) is 5.56 Å². The molecule has 0 bridgehead atoms. The van der Waals surface area contributed by atoms with Gasteiger partial charge in [-0.05, 0) is 59.1 Å². The Morgan fingerprint density at radius 2 is 1.27 bits per heavy atom. The van der Waals surface area contributed by atoms with Gasteiger partial charge in [0.05, 0.1) is 12.0 Å². The lowest BCUT2D eigenvalue weighted by atomic mass is 9.85. The summed E-state index contributed by atoms with van der Waals surface area (Å²) >= 11 is 0. The van der Waals surface area contributed by atoms with E-state index in [2.05, 4.69) is 11.9 Å². The number of esters is 3. The molecule has 0 heterocycles. The summed E-state index contributed by atoms with van der Waals surface area (Å²) in [5.74, 6) is -7.21. The van der Waals surface area contributed by atoms with Crippen LogP contribution in [0.5, 0.6) is 0 Å². The van der Waals surface area contributed by atoms with Gasteiger partial charge in [0.25, 0.3) is 0 Å². The van der Waals surface area contributed by atoms with Crippen LogP contribution in [0.25, 0.3) is 0 Å². The van der Waals surface area contributed by atoms with Crippen molar-refractivity contribution in [1.82, 2.24) is 5.32 Å². The molecule has 0 saturated carbocycles. The average Bonchev–Trinajstić information content (AvgIpc) is 2.93. The summed E-state index contributed by atoms with van der Waals surface area (Å²) in [6.07, 6.45) is -0.122. The van der Waals surface area contributed by atoms with Gasteiger partial charge in [-0.2, -0.15) is 0 Å². The van der Waals surface area contributed by atoms with Crippen molar-refractivity contribution in [2.45, 2.75) is 78.2 Å². The monoisotopic (exact) mass is 609 g/mol. The predicted molar refractivity (Wildman–Crippen MR) is 163 cm³/mol.